The second kappa shape index (κ2) is 8.66. The van der Waals surface area contributed by atoms with Crippen LogP contribution in [0, 0.1) is 11.3 Å². The molecular formula is C25H20N2O3S. The van der Waals surface area contributed by atoms with Crippen LogP contribution < -0.4 is 4.74 Å². The maximum atomic E-state index is 13.1. The molecule has 0 spiro atoms. The molecule has 0 bridgehead atoms. The molecule has 0 atom stereocenters. The number of hydrogen-bond donors (Lipinski definition) is 0. The lowest BCUT2D eigenvalue weighted by atomic mass is 10.0. The summed E-state index contributed by atoms with van der Waals surface area (Å²) in [5.74, 6) is 0.293. The highest BCUT2D eigenvalue weighted by Crippen LogP contribution is 2.37. The van der Waals surface area contributed by atoms with Gasteiger partial charge in [0.25, 0.3) is 11.1 Å². The lowest BCUT2D eigenvalue weighted by molar-refractivity contribution is -0.123. The van der Waals surface area contributed by atoms with Crippen molar-refractivity contribution in [2.24, 2.45) is 0 Å². The predicted octanol–water partition coefficient (Wildman–Crippen LogP) is 5.74. The third-order valence-electron chi connectivity index (χ3n) is 4.91. The molecule has 2 amide bonds. The van der Waals surface area contributed by atoms with E-state index in [9.17, 15) is 14.9 Å². The highest BCUT2D eigenvalue weighted by Gasteiger charge is 2.35. The minimum absolute atomic E-state index is 0.0362. The summed E-state index contributed by atoms with van der Waals surface area (Å²) in [6.45, 7) is 3.95. The zero-order valence-corrected chi connectivity index (χ0v) is 18.0. The molecule has 0 N–H and O–H groups in total. The lowest BCUT2D eigenvalue weighted by Gasteiger charge is -2.15. The van der Waals surface area contributed by atoms with E-state index in [1.165, 1.54) is 4.90 Å². The maximum Gasteiger partial charge on any atom is 0.293 e. The van der Waals surface area contributed by atoms with E-state index in [0.29, 0.717) is 21.8 Å². The van der Waals surface area contributed by atoms with Crippen LogP contribution in [-0.2, 0) is 11.3 Å². The molecule has 3 aromatic rings. The Balaban J connectivity index is 1.73. The summed E-state index contributed by atoms with van der Waals surface area (Å²) in [5.41, 5.74) is 1.87. The number of thioether (sulfide) groups is 1. The summed E-state index contributed by atoms with van der Waals surface area (Å²) in [5, 5.41) is 10.9. The highest BCUT2D eigenvalue weighted by atomic mass is 32.2. The molecule has 1 saturated heterocycles. The maximum absolute atomic E-state index is 13.1. The van der Waals surface area contributed by atoms with Crippen LogP contribution in [0.5, 0.6) is 5.75 Å². The van der Waals surface area contributed by atoms with Crippen LogP contribution in [0.15, 0.2) is 65.6 Å². The molecule has 4 rings (SSSR count). The van der Waals surface area contributed by atoms with E-state index in [0.717, 1.165) is 28.1 Å². The van der Waals surface area contributed by atoms with E-state index in [-0.39, 0.29) is 23.8 Å². The number of fused-ring (bicyclic) bond motifs is 1. The SMILES string of the molecule is CC(C)Oc1ccc2ccccc2c1/C=C1/SC(=O)N(Cc2ccccc2C#N)C1=O. The number of benzene rings is 3. The van der Waals surface area contributed by atoms with Crippen molar-refractivity contribution in [2.45, 2.75) is 26.5 Å². The van der Waals surface area contributed by atoms with Gasteiger partial charge in [0.2, 0.25) is 0 Å². The van der Waals surface area contributed by atoms with Crippen LogP contribution in [0.4, 0.5) is 4.79 Å². The number of imide groups is 1. The molecule has 1 fully saturated rings. The fraction of sp³-hybridized carbons (Fsp3) is 0.160. The number of nitriles is 1. The molecular weight excluding hydrogens is 408 g/mol. The van der Waals surface area contributed by atoms with E-state index in [1.54, 1.807) is 30.3 Å². The Hall–Kier alpha value is -3.56. The van der Waals surface area contributed by atoms with Crippen LogP contribution in [0.1, 0.15) is 30.5 Å². The van der Waals surface area contributed by atoms with Crippen molar-refractivity contribution < 1.29 is 14.3 Å². The summed E-state index contributed by atoms with van der Waals surface area (Å²) < 4.78 is 5.98. The molecule has 3 aromatic carbocycles. The number of rotatable bonds is 5. The van der Waals surface area contributed by atoms with Crippen LogP contribution in [0.3, 0.4) is 0 Å². The topological polar surface area (TPSA) is 70.4 Å². The monoisotopic (exact) mass is 428 g/mol. The first-order valence-electron chi connectivity index (χ1n) is 9.89. The van der Waals surface area contributed by atoms with Gasteiger partial charge in [0, 0.05) is 5.56 Å². The van der Waals surface area contributed by atoms with E-state index >= 15 is 0 Å². The zero-order chi connectivity index (χ0) is 22.0. The lowest BCUT2D eigenvalue weighted by Crippen LogP contribution is -2.27. The van der Waals surface area contributed by atoms with Gasteiger partial charge >= 0.3 is 0 Å². The summed E-state index contributed by atoms with van der Waals surface area (Å²) in [7, 11) is 0. The molecule has 154 valence electrons. The Bertz CT molecular complexity index is 1260. The summed E-state index contributed by atoms with van der Waals surface area (Å²) in [6, 6.07) is 20.8. The smallest absolute Gasteiger partial charge is 0.293 e. The molecule has 31 heavy (non-hydrogen) atoms. The second-order valence-electron chi connectivity index (χ2n) is 7.40. The van der Waals surface area contributed by atoms with E-state index in [1.807, 2.05) is 50.2 Å². The molecule has 0 aliphatic carbocycles. The molecule has 1 aliphatic rings. The van der Waals surface area contributed by atoms with Crippen molar-refractivity contribution in [3.63, 3.8) is 0 Å². The van der Waals surface area contributed by atoms with Crippen LogP contribution in [-0.4, -0.2) is 22.2 Å². The molecule has 1 heterocycles. The van der Waals surface area contributed by atoms with Gasteiger partial charge in [-0.3, -0.25) is 14.5 Å². The Morgan fingerprint density at radius 2 is 1.81 bits per heavy atom. The largest absolute Gasteiger partial charge is 0.490 e. The van der Waals surface area contributed by atoms with Crippen LogP contribution in [0.25, 0.3) is 16.8 Å². The van der Waals surface area contributed by atoms with Crippen LogP contribution in [0.2, 0.25) is 0 Å². The summed E-state index contributed by atoms with van der Waals surface area (Å²) in [6.07, 6.45) is 1.70. The number of amides is 2. The minimum atomic E-state index is -0.369. The van der Waals surface area contributed by atoms with Crippen molar-refractivity contribution in [1.29, 1.82) is 5.26 Å². The van der Waals surface area contributed by atoms with Crippen molar-refractivity contribution >= 4 is 39.8 Å². The predicted molar refractivity (Wildman–Crippen MR) is 122 cm³/mol. The third-order valence-corrected chi connectivity index (χ3v) is 5.82. The van der Waals surface area contributed by atoms with Gasteiger partial charge in [0.15, 0.2) is 0 Å². The van der Waals surface area contributed by atoms with Gasteiger partial charge in [0.1, 0.15) is 5.75 Å². The normalized spacial score (nSPS) is 15.2. The first-order valence-corrected chi connectivity index (χ1v) is 10.7. The van der Waals surface area contributed by atoms with E-state index in [2.05, 4.69) is 6.07 Å². The van der Waals surface area contributed by atoms with Crippen molar-refractivity contribution in [2.75, 3.05) is 0 Å². The number of carbonyl (C=O) groups excluding carboxylic acids is 2. The highest BCUT2D eigenvalue weighted by molar-refractivity contribution is 8.18. The Labute approximate surface area is 184 Å². The Morgan fingerprint density at radius 3 is 2.58 bits per heavy atom. The standard InChI is InChI=1S/C25H20N2O3S/c1-16(2)30-22-12-11-17-7-5-6-10-20(17)21(22)13-23-24(28)27(25(29)31-23)15-19-9-4-3-8-18(19)14-26/h3-13,16H,15H2,1-2H3/b23-13+. The average Bonchev–Trinajstić information content (AvgIpc) is 3.02. The zero-order valence-electron chi connectivity index (χ0n) is 17.2. The number of nitrogens with zero attached hydrogens (tertiary/aromatic N) is 2. The third kappa shape index (κ3) is 4.18. The molecule has 0 unspecified atom stereocenters. The van der Waals surface area contributed by atoms with Gasteiger partial charge in [-0.1, -0.05) is 48.5 Å². The Morgan fingerprint density at radius 1 is 1.06 bits per heavy atom. The van der Waals surface area contributed by atoms with Gasteiger partial charge in [-0.2, -0.15) is 5.26 Å². The van der Waals surface area contributed by atoms with Gasteiger partial charge in [-0.25, -0.2) is 0 Å². The van der Waals surface area contributed by atoms with E-state index < -0.39 is 0 Å². The first kappa shape index (κ1) is 20.7. The number of ether oxygens (including phenoxy) is 1. The van der Waals surface area contributed by atoms with Crippen LogP contribution >= 0.6 is 11.8 Å². The fourth-order valence-electron chi connectivity index (χ4n) is 3.49. The van der Waals surface area contributed by atoms with Gasteiger partial charge in [-0.15, -0.1) is 0 Å². The molecule has 0 radical (unpaired) electrons. The van der Waals surface area contributed by atoms with E-state index in [4.69, 9.17) is 4.74 Å². The quantitative estimate of drug-likeness (QED) is 0.485. The Kier molecular flexibility index (Phi) is 5.79. The van der Waals surface area contributed by atoms with Gasteiger partial charge in [0.05, 0.1) is 29.2 Å². The average molecular weight is 429 g/mol. The molecule has 5 nitrogen and oxygen atoms in total. The van der Waals surface area contributed by atoms with Gasteiger partial charge in [-0.05, 0) is 60.2 Å². The van der Waals surface area contributed by atoms with Gasteiger partial charge < -0.3 is 4.74 Å². The summed E-state index contributed by atoms with van der Waals surface area (Å²) >= 11 is 0.906. The fourth-order valence-corrected chi connectivity index (χ4v) is 4.31. The molecule has 1 aliphatic heterocycles. The second-order valence-corrected chi connectivity index (χ2v) is 8.40. The summed E-state index contributed by atoms with van der Waals surface area (Å²) in [4.78, 5) is 27.2. The molecule has 6 heteroatoms. The van der Waals surface area contributed by atoms with Crippen molar-refractivity contribution in [3.05, 3.63) is 82.3 Å². The first-order chi connectivity index (χ1) is 15.0. The number of carbonyl (C=O) groups is 2. The van der Waals surface area contributed by atoms with Crippen molar-refractivity contribution in [1.82, 2.24) is 4.90 Å². The van der Waals surface area contributed by atoms with Crippen molar-refractivity contribution in [3.8, 4) is 11.8 Å². The number of hydrogen-bond acceptors (Lipinski definition) is 5. The molecule has 0 saturated carbocycles. The minimum Gasteiger partial charge on any atom is -0.490 e. The molecule has 0 aromatic heterocycles.